The Hall–Kier alpha value is -3.07. The van der Waals surface area contributed by atoms with Gasteiger partial charge in [-0.15, -0.1) is 0 Å². The quantitative estimate of drug-likeness (QED) is 0.382. The molecule has 3 aromatic carbocycles. The van der Waals surface area contributed by atoms with Crippen LogP contribution in [-0.2, 0) is 6.54 Å². The standard InChI is InChI=1S/C25H26N2O/c1-3-19(2)20-13-15-22(16-14-20)28-18-17-27-24-12-8-7-11-23(24)26-25(27)21-9-5-4-6-10-21/h4-16,19H,3,17-18H2,1-2H3. The van der Waals surface area contributed by atoms with Gasteiger partial charge in [0, 0.05) is 5.56 Å². The maximum Gasteiger partial charge on any atom is 0.141 e. The number of imidazole rings is 1. The van der Waals surface area contributed by atoms with E-state index in [2.05, 4.69) is 73.0 Å². The summed E-state index contributed by atoms with van der Waals surface area (Å²) in [5, 5.41) is 0. The molecule has 3 nitrogen and oxygen atoms in total. The summed E-state index contributed by atoms with van der Waals surface area (Å²) in [4.78, 5) is 4.86. The van der Waals surface area contributed by atoms with Gasteiger partial charge < -0.3 is 9.30 Å². The largest absolute Gasteiger partial charge is 0.492 e. The maximum absolute atomic E-state index is 6.04. The van der Waals surface area contributed by atoms with E-state index >= 15 is 0 Å². The van der Waals surface area contributed by atoms with Gasteiger partial charge in [-0.2, -0.15) is 0 Å². The molecule has 28 heavy (non-hydrogen) atoms. The lowest BCUT2D eigenvalue weighted by molar-refractivity contribution is 0.300. The first kappa shape index (κ1) is 18.3. The van der Waals surface area contributed by atoms with Crippen molar-refractivity contribution in [1.82, 2.24) is 9.55 Å². The fourth-order valence-electron chi connectivity index (χ4n) is 3.49. The van der Waals surface area contributed by atoms with Crippen LogP contribution < -0.4 is 4.74 Å². The minimum atomic E-state index is 0.583. The zero-order valence-electron chi connectivity index (χ0n) is 16.5. The van der Waals surface area contributed by atoms with E-state index in [1.54, 1.807) is 0 Å². The van der Waals surface area contributed by atoms with E-state index in [0.717, 1.165) is 41.1 Å². The van der Waals surface area contributed by atoms with Gasteiger partial charge in [0.2, 0.25) is 0 Å². The Bertz CT molecular complexity index is 1040. The topological polar surface area (TPSA) is 27.1 Å². The van der Waals surface area contributed by atoms with Crippen LogP contribution in [0, 0.1) is 0 Å². The highest BCUT2D eigenvalue weighted by molar-refractivity contribution is 5.80. The van der Waals surface area contributed by atoms with Crippen LogP contribution in [-0.4, -0.2) is 16.2 Å². The van der Waals surface area contributed by atoms with Crippen LogP contribution in [0.3, 0.4) is 0 Å². The highest BCUT2D eigenvalue weighted by Crippen LogP contribution is 2.25. The van der Waals surface area contributed by atoms with Crippen molar-refractivity contribution < 1.29 is 4.74 Å². The smallest absolute Gasteiger partial charge is 0.141 e. The molecule has 0 aliphatic rings. The summed E-state index contributed by atoms with van der Waals surface area (Å²) in [6.45, 7) is 5.82. The number of para-hydroxylation sites is 2. The predicted molar refractivity (Wildman–Crippen MR) is 116 cm³/mol. The van der Waals surface area contributed by atoms with Gasteiger partial charge in [0.25, 0.3) is 0 Å². The Morgan fingerprint density at radius 1 is 0.893 bits per heavy atom. The Balaban J connectivity index is 1.53. The van der Waals surface area contributed by atoms with Crippen LogP contribution in [0.4, 0.5) is 0 Å². The zero-order valence-corrected chi connectivity index (χ0v) is 16.5. The summed E-state index contributed by atoms with van der Waals surface area (Å²) in [5.74, 6) is 2.48. The normalized spacial score (nSPS) is 12.2. The number of rotatable bonds is 7. The van der Waals surface area contributed by atoms with Crippen molar-refractivity contribution >= 4 is 11.0 Å². The van der Waals surface area contributed by atoms with Crippen molar-refractivity contribution in [3.05, 3.63) is 84.4 Å². The minimum absolute atomic E-state index is 0.583. The molecule has 0 aliphatic heterocycles. The van der Waals surface area contributed by atoms with Crippen molar-refractivity contribution in [2.45, 2.75) is 32.7 Å². The molecule has 0 saturated heterocycles. The van der Waals surface area contributed by atoms with E-state index in [0.29, 0.717) is 12.5 Å². The Labute approximate surface area is 166 Å². The molecule has 1 aromatic heterocycles. The average Bonchev–Trinajstić information content (AvgIpc) is 3.13. The van der Waals surface area contributed by atoms with Gasteiger partial charge in [-0.3, -0.25) is 0 Å². The summed E-state index contributed by atoms with van der Waals surface area (Å²) < 4.78 is 8.29. The first-order valence-electron chi connectivity index (χ1n) is 9.99. The predicted octanol–water partition coefficient (Wildman–Crippen LogP) is 6.30. The molecule has 0 radical (unpaired) electrons. The zero-order chi connectivity index (χ0) is 19.3. The summed E-state index contributed by atoms with van der Waals surface area (Å²) in [5.41, 5.74) is 4.63. The van der Waals surface area contributed by atoms with Crippen LogP contribution >= 0.6 is 0 Å². The summed E-state index contributed by atoms with van der Waals surface area (Å²) >= 11 is 0. The van der Waals surface area contributed by atoms with Crippen molar-refractivity contribution in [2.75, 3.05) is 6.61 Å². The first-order valence-corrected chi connectivity index (χ1v) is 9.99. The van der Waals surface area contributed by atoms with Crippen molar-refractivity contribution in [3.63, 3.8) is 0 Å². The van der Waals surface area contributed by atoms with Gasteiger partial charge in [0.1, 0.15) is 18.2 Å². The molecule has 0 N–H and O–H groups in total. The van der Waals surface area contributed by atoms with Gasteiger partial charge in [0.15, 0.2) is 0 Å². The number of fused-ring (bicyclic) bond motifs is 1. The van der Waals surface area contributed by atoms with Crippen LogP contribution in [0.5, 0.6) is 5.75 Å². The van der Waals surface area contributed by atoms with E-state index in [4.69, 9.17) is 9.72 Å². The summed E-state index contributed by atoms with van der Waals surface area (Å²) in [7, 11) is 0. The van der Waals surface area contributed by atoms with Crippen LogP contribution in [0.2, 0.25) is 0 Å². The molecule has 0 spiro atoms. The second kappa shape index (κ2) is 8.30. The Kier molecular flexibility index (Phi) is 5.43. The second-order valence-electron chi connectivity index (χ2n) is 7.17. The molecule has 0 amide bonds. The molecule has 142 valence electrons. The molecule has 4 rings (SSSR count). The Morgan fingerprint density at radius 3 is 2.36 bits per heavy atom. The second-order valence-corrected chi connectivity index (χ2v) is 7.17. The molecule has 1 unspecified atom stereocenters. The lowest BCUT2D eigenvalue weighted by atomic mass is 9.99. The van der Waals surface area contributed by atoms with Gasteiger partial charge in [-0.05, 0) is 42.2 Å². The van der Waals surface area contributed by atoms with E-state index in [-0.39, 0.29) is 0 Å². The third-order valence-electron chi connectivity index (χ3n) is 5.33. The number of hydrogen-bond donors (Lipinski definition) is 0. The van der Waals surface area contributed by atoms with Crippen LogP contribution in [0.25, 0.3) is 22.4 Å². The van der Waals surface area contributed by atoms with Crippen LogP contribution in [0.1, 0.15) is 31.7 Å². The molecule has 0 aliphatic carbocycles. The fourth-order valence-corrected chi connectivity index (χ4v) is 3.49. The highest BCUT2D eigenvalue weighted by Gasteiger charge is 2.12. The molecular weight excluding hydrogens is 344 g/mol. The Morgan fingerprint density at radius 2 is 1.61 bits per heavy atom. The van der Waals surface area contributed by atoms with Crippen LogP contribution in [0.15, 0.2) is 78.9 Å². The third-order valence-corrected chi connectivity index (χ3v) is 5.33. The molecule has 3 heteroatoms. The highest BCUT2D eigenvalue weighted by atomic mass is 16.5. The minimum Gasteiger partial charge on any atom is -0.492 e. The average molecular weight is 370 g/mol. The number of ether oxygens (including phenoxy) is 1. The number of hydrogen-bond acceptors (Lipinski definition) is 2. The first-order chi connectivity index (χ1) is 13.8. The number of benzene rings is 3. The van der Waals surface area contributed by atoms with Gasteiger partial charge in [-0.25, -0.2) is 4.98 Å². The molecule has 1 atom stereocenters. The van der Waals surface area contributed by atoms with E-state index < -0.39 is 0 Å². The fraction of sp³-hybridized carbons (Fsp3) is 0.240. The van der Waals surface area contributed by atoms with E-state index in [1.807, 2.05) is 24.3 Å². The van der Waals surface area contributed by atoms with Gasteiger partial charge >= 0.3 is 0 Å². The van der Waals surface area contributed by atoms with Crippen molar-refractivity contribution in [2.24, 2.45) is 0 Å². The van der Waals surface area contributed by atoms with Gasteiger partial charge in [-0.1, -0.05) is 68.4 Å². The van der Waals surface area contributed by atoms with Crippen molar-refractivity contribution in [3.8, 4) is 17.1 Å². The lowest BCUT2D eigenvalue weighted by Crippen LogP contribution is -2.09. The SMILES string of the molecule is CCC(C)c1ccc(OCCn2c(-c3ccccc3)nc3ccccc32)cc1. The van der Waals surface area contributed by atoms with E-state index in [1.165, 1.54) is 5.56 Å². The molecule has 0 fully saturated rings. The van der Waals surface area contributed by atoms with Crippen molar-refractivity contribution in [1.29, 1.82) is 0 Å². The molecular formula is C25H26N2O. The van der Waals surface area contributed by atoms with E-state index in [9.17, 15) is 0 Å². The lowest BCUT2D eigenvalue weighted by Gasteiger charge is -2.12. The third kappa shape index (κ3) is 3.79. The summed E-state index contributed by atoms with van der Waals surface area (Å²) in [6, 6.07) is 27.1. The molecule has 0 bridgehead atoms. The number of nitrogens with zero attached hydrogens (tertiary/aromatic N) is 2. The maximum atomic E-state index is 6.04. The monoisotopic (exact) mass is 370 g/mol. The number of aromatic nitrogens is 2. The molecule has 4 aromatic rings. The molecule has 0 saturated carbocycles. The molecule has 1 heterocycles. The summed E-state index contributed by atoms with van der Waals surface area (Å²) in [6.07, 6.45) is 1.15. The van der Waals surface area contributed by atoms with Gasteiger partial charge in [0.05, 0.1) is 17.6 Å².